The first-order valence-electron chi connectivity index (χ1n) is 7.34. The van der Waals surface area contributed by atoms with Crippen LogP contribution in [0.2, 0.25) is 0 Å². The van der Waals surface area contributed by atoms with Crippen LogP contribution >= 0.6 is 0 Å². The van der Waals surface area contributed by atoms with E-state index in [4.69, 9.17) is 9.47 Å². The Morgan fingerprint density at radius 1 is 1.21 bits per heavy atom. The molecule has 1 aromatic carbocycles. The van der Waals surface area contributed by atoms with E-state index in [-0.39, 0.29) is 17.3 Å². The Morgan fingerprint density at radius 2 is 1.95 bits per heavy atom. The zero-order valence-corrected chi connectivity index (χ0v) is 12.2. The first-order valence-corrected chi connectivity index (χ1v) is 7.34. The summed E-state index contributed by atoms with van der Waals surface area (Å²) in [5.41, 5.74) is 1.15. The smallest absolute Gasteiger partial charge is 0.0925 e. The molecular formula is C17H24O2. The SMILES string of the molecule is CC1(C)CC2CCC(C)(O1)C2OCc1ccccc1. The normalized spacial score (nSPS) is 36.4. The average molecular weight is 260 g/mol. The molecule has 0 radical (unpaired) electrons. The van der Waals surface area contributed by atoms with Crippen molar-refractivity contribution >= 4 is 0 Å². The minimum atomic E-state index is -0.0960. The zero-order valence-electron chi connectivity index (χ0n) is 12.2. The van der Waals surface area contributed by atoms with E-state index in [0.717, 1.165) is 12.8 Å². The zero-order chi connectivity index (χ0) is 13.5. The van der Waals surface area contributed by atoms with E-state index < -0.39 is 0 Å². The maximum absolute atomic E-state index is 6.33. The standard InChI is InChI=1S/C17H24O2/c1-16(2)11-14-9-10-17(3,19-16)15(14)18-12-13-7-5-4-6-8-13/h4-8,14-15H,9-12H2,1-3H3. The molecule has 1 aliphatic heterocycles. The lowest BCUT2D eigenvalue weighted by atomic mass is 9.84. The molecule has 0 aromatic heterocycles. The van der Waals surface area contributed by atoms with Crippen molar-refractivity contribution < 1.29 is 9.47 Å². The molecule has 2 heteroatoms. The first-order chi connectivity index (χ1) is 8.99. The van der Waals surface area contributed by atoms with Crippen LogP contribution in [-0.4, -0.2) is 17.3 Å². The van der Waals surface area contributed by atoms with Crippen LogP contribution in [0.3, 0.4) is 0 Å². The lowest BCUT2D eigenvalue weighted by Gasteiger charge is -2.46. The third-order valence-electron chi connectivity index (χ3n) is 4.58. The molecule has 2 bridgehead atoms. The highest BCUT2D eigenvalue weighted by atomic mass is 16.6. The second-order valence-corrected chi connectivity index (χ2v) is 6.89. The molecule has 1 aliphatic carbocycles. The molecule has 3 rings (SSSR count). The summed E-state index contributed by atoms with van der Waals surface area (Å²) in [6.07, 6.45) is 3.72. The average Bonchev–Trinajstić information content (AvgIpc) is 2.55. The van der Waals surface area contributed by atoms with Crippen molar-refractivity contribution in [1.82, 2.24) is 0 Å². The van der Waals surface area contributed by atoms with Gasteiger partial charge >= 0.3 is 0 Å². The Kier molecular flexibility index (Phi) is 3.18. The van der Waals surface area contributed by atoms with Crippen molar-refractivity contribution in [2.24, 2.45) is 5.92 Å². The molecule has 0 amide bonds. The van der Waals surface area contributed by atoms with E-state index in [2.05, 4.69) is 45.0 Å². The van der Waals surface area contributed by atoms with Gasteiger partial charge in [0.15, 0.2) is 0 Å². The monoisotopic (exact) mass is 260 g/mol. The Balaban J connectivity index is 1.69. The molecule has 3 atom stereocenters. The van der Waals surface area contributed by atoms with Gasteiger partial charge in [0, 0.05) is 0 Å². The fourth-order valence-electron chi connectivity index (χ4n) is 3.96. The molecule has 104 valence electrons. The molecule has 19 heavy (non-hydrogen) atoms. The molecule has 1 aromatic rings. The summed E-state index contributed by atoms with van der Waals surface area (Å²) >= 11 is 0. The molecule has 1 heterocycles. The number of hydrogen-bond acceptors (Lipinski definition) is 2. The van der Waals surface area contributed by atoms with Crippen LogP contribution in [0.5, 0.6) is 0 Å². The summed E-state index contributed by atoms with van der Waals surface area (Å²) in [5.74, 6) is 0.650. The lowest BCUT2D eigenvalue weighted by Crippen LogP contribution is -2.52. The molecule has 3 unspecified atom stereocenters. The third kappa shape index (κ3) is 2.56. The van der Waals surface area contributed by atoms with Crippen LogP contribution in [0, 0.1) is 5.92 Å². The van der Waals surface area contributed by atoms with Gasteiger partial charge in [-0.05, 0) is 51.5 Å². The molecule has 1 saturated carbocycles. The van der Waals surface area contributed by atoms with Crippen LogP contribution in [0.1, 0.15) is 45.6 Å². The van der Waals surface area contributed by atoms with E-state index in [9.17, 15) is 0 Å². The Bertz CT molecular complexity index is 440. The van der Waals surface area contributed by atoms with Crippen molar-refractivity contribution in [3.63, 3.8) is 0 Å². The number of ether oxygens (including phenoxy) is 2. The Hall–Kier alpha value is -0.860. The van der Waals surface area contributed by atoms with Crippen molar-refractivity contribution in [1.29, 1.82) is 0 Å². The van der Waals surface area contributed by atoms with E-state index in [1.807, 2.05) is 6.07 Å². The molecule has 2 fully saturated rings. The molecule has 2 nitrogen and oxygen atoms in total. The van der Waals surface area contributed by atoms with Gasteiger partial charge in [0.2, 0.25) is 0 Å². The van der Waals surface area contributed by atoms with Crippen LogP contribution in [0.4, 0.5) is 0 Å². The second-order valence-electron chi connectivity index (χ2n) is 6.89. The van der Waals surface area contributed by atoms with E-state index in [1.54, 1.807) is 0 Å². The fraction of sp³-hybridized carbons (Fsp3) is 0.647. The highest BCUT2D eigenvalue weighted by Gasteiger charge is 2.54. The molecular weight excluding hydrogens is 236 g/mol. The lowest BCUT2D eigenvalue weighted by molar-refractivity contribution is -0.227. The van der Waals surface area contributed by atoms with Crippen molar-refractivity contribution in [2.45, 2.75) is 63.9 Å². The maximum atomic E-state index is 6.33. The van der Waals surface area contributed by atoms with E-state index in [1.165, 1.54) is 12.0 Å². The minimum Gasteiger partial charge on any atom is -0.370 e. The molecule has 0 spiro atoms. The van der Waals surface area contributed by atoms with Gasteiger partial charge in [0.05, 0.1) is 23.9 Å². The van der Waals surface area contributed by atoms with Crippen molar-refractivity contribution in [3.8, 4) is 0 Å². The van der Waals surface area contributed by atoms with Gasteiger partial charge in [-0.2, -0.15) is 0 Å². The number of hydrogen-bond donors (Lipinski definition) is 0. The summed E-state index contributed by atoms with van der Waals surface area (Å²) in [4.78, 5) is 0. The first kappa shape index (κ1) is 13.1. The number of fused-ring (bicyclic) bond motifs is 2. The Morgan fingerprint density at radius 3 is 2.63 bits per heavy atom. The largest absolute Gasteiger partial charge is 0.370 e. The van der Waals surface area contributed by atoms with Crippen LogP contribution < -0.4 is 0 Å². The van der Waals surface area contributed by atoms with Crippen LogP contribution in [0.25, 0.3) is 0 Å². The molecule has 2 aliphatic rings. The summed E-state index contributed by atoms with van der Waals surface area (Å²) in [7, 11) is 0. The number of rotatable bonds is 3. The summed E-state index contributed by atoms with van der Waals surface area (Å²) in [5, 5.41) is 0. The third-order valence-corrected chi connectivity index (χ3v) is 4.58. The quantitative estimate of drug-likeness (QED) is 0.819. The van der Waals surface area contributed by atoms with E-state index in [0.29, 0.717) is 12.5 Å². The predicted molar refractivity (Wildman–Crippen MR) is 75.9 cm³/mol. The van der Waals surface area contributed by atoms with Crippen LogP contribution in [-0.2, 0) is 16.1 Å². The predicted octanol–water partition coefficient (Wildman–Crippen LogP) is 3.94. The minimum absolute atomic E-state index is 0.00250. The fourth-order valence-corrected chi connectivity index (χ4v) is 3.96. The van der Waals surface area contributed by atoms with Gasteiger partial charge in [-0.1, -0.05) is 30.3 Å². The van der Waals surface area contributed by atoms with Gasteiger partial charge in [-0.3, -0.25) is 0 Å². The molecule has 0 N–H and O–H groups in total. The van der Waals surface area contributed by atoms with Gasteiger partial charge in [-0.15, -0.1) is 0 Å². The summed E-state index contributed by atoms with van der Waals surface area (Å²) < 4.78 is 12.6. The summed E-state index contributed by atoms with van der Waals surface area (Å²) in [6.45, 7) is 7.33. The van der Waals surface area contributed by atoms with Gasteiger partial charge in [-0.25, -0.2) is 0 Å². The van der Waals surface area contributed by atoms with Gasteiger partial charge < -0.3 is 9.47 Å². The van der Waals surface area contributed by atoms with Crippen molar-refractivity contribution in [3.05, 3.63) is 35.9 Å². The van der Waals surface area contributed by atoms with Gasteiger partial charge in [0.1, 0.15) is 0 Å². The molecule has 1 saturated heterocycles. The number of benzene rings is 1. The maximum Gasteiger partial charge on any atom is 0.0925 e. The Labute approximate surface area is 116 Å². The highest BCUT2D eigenvalue weighted by molar-refractivity contribution is 5.14. The second kappa shape index (κ2) is 4.60. The van der Waals surface area contributed by atoms with Crippen LogP contribution in [0.15, 0.2) is 30.3 Å². The van der Waals surface area contributed by atoms with Gasteiger partial charge in [0.25, 0.3) is 0 Å². The van der Waals surface area contributed by atoms with Crippen molar-refractivity contribution in [2.75, 3.05) is 0 Å². The highest BCUT2D eigenvalue weighted by Crippen LogP contribution is 2.50. The van der Waals surface area contributed by atoms with E-state index >= 15 is 0 Å². The summed E-state index contributed by atoms with van der Waals surface area (Å²) in [6, 6.07) is 10.4. The topological polar surface area (TPSA) is 18.5 Å².